The summed E-state index contributed by atoms with van der Waals surface area (Å²) in [6.07, 6.45) is 0.673. The molecule has 0 fully saturated rings. The lowest BCUT2D eigenvalue weighted by atomic mass is 10.1. The van der Waals surface area contributed by atoms with E-state index in [1.165, 1.54) is 0 Å². The third-order valence-corrected chi connectivity index (χ3v) is 2.64. The van der Waals surface area contributed by atoms with Gasteiger partial charge in [0, 0.05) is 6.54 Å². The summed E-state index contributed by atoms with van der Waals surface area (Å²) in [4.78, 5) is 11.3. The normalized spacial score (nSPS) is 9.57. The highest BCUT2D eigenvalue weighted by Crippen LogP contribution is 2.28. The molecule has 0 aliphatic heterocycles. The topological polar surface area (TPSA) is 83.4 Å². The Hall–Kier alpha value is -2.42. The van der Waals surface area contributed by atoms with E-state index in [1.807, 2.05) is 38.1 Å². The number of ether oxygens (including phenoxy) is 2. The molecule has 1 aromatic carbocycles. The second kappa shape index (κ2) is 9.48. The van der Waals surface area contributed by atoms with Crippen LogP contribution >= 0.6 is 0 Å². The van der Waals surface area contributed by atoms with Crippen molar-refractivity contribution in [1.29, 1.82) is 5.26 Å². The van der Waals surface area contributed by atoms with Crippen molar-refractivity contribution < 1.29 is 14.3 Å². The lowest BCUT2D eigenvalue weighted by Gasteiger charge is -2.12. The molecule has 6 nitrogen and oxygen atoms in total. The van der Waals surface area contributed by atoms with Gasteiger partial charge in [-0.25, -0.2) is 4.79 Å². The Labute approximate surface area is 125 Å². The Morgan fingerprint density at radius 1 is 1.19 bits per heavy atom. The van der Waals surface area contributed by atoms with Crippen LogP contribution in [0.3, 0.4) is 0 Å². The number of hydrogen-bond donors (Lipinski definition) is 2. The average Bonchev–Trinajstić information content (AvgIpc) is 2.48. The lowest BCUT2D eigenvalue weighted by Crippen LogP contribution is -2.36. The fourth-order valence-corrected chi connectivity index (χ4v) is 1.75. The number of urea groups is 1. The van der Waals surface area contributed by atoms with Gasteiger partial charge in [-0.1, -0.05) is 6.07 Å². The lowest BCUT2D eigenvalue weighted by molar-refractivity contribution is 0.242. The third-order valence-electron chi connectivity index (χ3n) is 2.64. The van der Waals surface area contributed by atoms with E-state index in [4.69, 9.17) is 14.7 Å². The maximum absolute atomic E-state index is 11.3. The van der Waals surface area contributed by atoms with Crippen LogP contribution in [0, 0.1) is 11.3 Å². The molecule has 0 aliphatic rings. The van der Waals surface area contributed by atoms with Gasteiger partial charge in [0.1, 0.15) is 6.54 Å². The maximum Gasteiger partial charge on any atom is 0.315 e. The molecule has 0 aliphatic carbocycles. The Balaban J connectivity index is 2.53. The molecule has 0 bridgehead atoms. The maximum atomic E-state index is 11.3. The van der Waals surface area contributed by atoms with E-state index in [9.17, 15) is 4.79 Å². The number of carbonyl (C=O) groups is 1. The minimum absolute atomic E-state index is 0.00335. The summed E-state index contributed by atoms with van der Waals surface area (Å²) in [7, 11) is 0. The highest BCUT2D eigenvalue weighted by atomic mass is 16.5. The zero-order valence-electron chi connectivity index (χ0n) is 12.4. The van der Waals surface area contributed by atoms with Crippen molar-refractivity contribution in [2.75, 3.05) is 26.3 Å². The summed E-state index contributed by atoms with van der Waals surface area (Å²) >= 11 is 0. The van der Waals surface area contributed by atoms with Crippen molar-refractivity contribution in [3.05, 3.63) is 23.8 Å². The van der Waals surface area contributed by atoms with E-state index in [0.717, 1.165) is 11.3 Å². The van der Waals surface area contributed by atoms with Gasteiger partial charge in [-0.3, -0.25) is 0 Å². The van der Waals surface area contributed by atoms with Crippen LogP contribution in [0.4, 0.5) is 4.79 Å². The number of hydrogen-bond acceptors (Lipinski definition) is 4. The predicted molar refractivity (Wildman–Crippen MR) is 79.5 cm³/mol. The SMILES string of the molecule is CCOc1ccc(CCNC(=O)NCC#N)cc1OCC. The van der Waals surface area contributed by atoms with Gasteiger partial charge in [0.2, 0.25) is 0 Å². The first-order valence-electron chi connectivity index (χ1n) is 6.98. The second-order valence-corrected chi connectivity index (χ2v) is 4.16. The molecule has 21 heavy (non-hydrogen) atoms. The minimum Gasteiger partial charge on any atom is -0.490 e. The van der Waals surface area contributed by atoms with Gasteiger partial charge in [-0.2, -0.15) is 5.26 Å². The first-order chi connectivity index (χ1) is 10.2. The molecule has 1 aromatic rings. The summed E-state index contributed by atoms with van der Waals surface area (Å²) in [6.45, 7) is 5.48. The molecule has 2 amide bonds. The Morgan fingerprint density at radius 3 is 2.57 bits per heavy atom. The number of carbonyl (C=O) groups excluding carboxylic acids is 1. The van der Waals surface area contributed by atoms with Crippen LogP contribution in [0.15, 0.2) is 18.2 Å². The van der Waals surface area contributed by atoms with Crippen molar-refractivity contribution >= 4 is 6.03 Å². The summed E-state index contributed by atoms with van der Waals surface area (Å²) in [6, 6.07) is 7.25. The van der Waals surface area contributed by atoms with Crippen LogP contribution in [0.2, 0.25) is 0 Å². The van der Waals surface area contributed by atoms with Gasteiger partial charge in [0.25, 0.3) is 0 Å². The van der Waals surface area contributed by atoms with Crippen molar-refractivity contribution in [3.8, 4) is 17.6 Å². The van der Waals surface area contributed by atoms with Gasteiger partial charge < -0.3 is 20.1 Å². The quantitative estimate of drug-likeness (QED) is 0.716. The summed E-state index contributed by atoms with van der Waals surface area (Å²) in [5, 5.41) is 13.5. The van der Waals surface area contributed by atoms with Crippen LogP contribution < -0.4 is 20.1 Å². The van der Waals surface area contributed by atoms with Gasteiger partial charge in [0.15, 0.2) is 11.5 Å². The number of nitriles is 1. The molecule has 0 heterocycles. The monoisotopic (exact) mass is 291 g/mol. The molecule has 0 radical (unpaired) electrons. The van der Waals surface area contributed by atoms with Crippen LogP contribution in [-0.4, -0.2) is 32.3 Å². The molecule has 0 saturated carbocycles. The van der Waals surface area contributed by atoms with E-state index >= 15 is 0 Å². The number of amides is 2. The number of nitrogens with zero attached hydrogens (tertiary/aromatic N) is 1. The molecule has 114 valence electrons. The first-order valence-corrected chi connectivity index (χ1v) is 6.98. The molecule has 2 N–H and O–H groups in total. The van der Waals surface area contributed by atoms with E-state index in [0.29, 0.717) is 31.9 Å². The van der Waals surface area contributed by atoms with Crippen LogP contribution in [-0.2, 0) is 6.42 Å². The summed E-state index contributed by atoms with van der Waals surface area (Å²) in [5.41, 5.74) is 1.04. The second-order valence-electron chi connectivity index (χ2n) is 4.16. The molecular weight excluding hydrogens is 270 g/mol. The van der Waals surface area contributed by atoms with Crippen LogP contribution in [0.25, 0.3) is 0 Å². The highest BCUT2D eigenvalue weighted by Gasteiger charge is 2.06. The number of nitrogens with one attached hydrogen (secondary N) is 2. The summed E-state index contributed by atoms with van der Waals surface area (Å²) in [5.74, 6) is 1.44. The molecule has 0 atom stereocenters. The fourth-order valence-electron chi connectivity index (χ4n) is 1.75. The third kappa shape index (κ3) is 6.04. The van der Waals surface area contributed by atoms with Crippen LogP contribution in [0.5, 0.6) is 11.5 Å². The Morgan fingerprint density at radius 2 is 1.90 bits per heavy atom. The predicted octanol–water partition coefficient (Wildman–Crippen LogP) is 1.85. The zero-order chi connectivity index (χ0) is 15.5. The summed E-state index contributed by atoms with van der Waals surface area (Å²) < 4.78 is 11.0. The van der Waals surface area contributed by atoms with Crippen molar-refractivity contribution in [2.45, 2.75) is 20.3 Å². The molecule has 0 saturated heterocycles. The van der Waals surface area contributed by atoms with Gasteiger partial charge in [-0.15, -0.1) is 0 Å². The molecule has 6 heteroatoms. The smallest absolute Gasteiger partial charge is 0.315 e. The van der Waals surface area contributed by atoms with Gasteiger partial charge in [-0.05, 0) is 38.0 Å². The van der Waals surface area contributed by atoms with Crippen molar-refractivity contribution in [3.63, 3.8) is 0 Å². The highest BCUT2D eigenvalue weighted by molar-refractivity contribution is 5.74. The van der Waals surface area contributed by atoms with E-state index in [2.05, 4.69) is 10.6 Å². The van der Waals surface area contributed by atoms with Gasteiger partial charge in [0.05, 0.1) is 19.3 Å². The fraction of sp³-hybridized carbons (Fsp3) is 0.467. The van der Waals surface area contributed by atoms with Crippen molar-refractivity contribution in [1.82, 2.24) is 10.6 Å². The largest absolute Gasteiger partial charge is 0.490 e. The Bertz CT molecular complexity index is 497. The Kier molecular flexibility index (Phi) is 7.51. The zero-order valence-corrected chi connectivity index (χ0v) is 12.4. The number of benzene rings is 1. The molecular formula is C15H21N3O3. The number of rotatable bonds is 8. The standard InChI is InChI=1S/C15H21N3O3/c1-3-20-13-6-5-12(11-14(13)21-4-2)7-9-17-15(19)18-10-8-16/h5-6,11H,3-4,7,9-10H2,1-2H3,(H2,17,18,19). The van der Waals surface area contributed by atoms with Crippen LogP contribution in [0.1, 0.15) is 19.4 Å². The van der Waals surface area contributed by atoms with Gasteiger partial charge >= 0.3 is 6.03 Å². The molecule has 1 rings (SSSR count). The van der Waals surface area contributed by atoms with E-state index < -0.39 is 0 Å². The van der Waals surface area contributed by atoms with E-state index in [1.54, 1.807) is 0 Å². The minimum atomic E-state index is -0.340. The molecule has 0 spiro atoms. The molecule has 0 unspecified atom stereocenters. The van der Waals surface area contributed by atoms with Crippen molar-refractivity contribution in [2.24, 2.45) is 0 Å². The van der Waals surface area contributed by atoms with E-state index in [-0.39, 0.29) is 12.6 Å². The molecule has 0 aromatic heterocycles. The average molecular weight is 291 g/mol. The first kappa shape index (κ1) is 16.6.